The maximum atomic E-state index is 13.2. The average molecular weight is 415 g/mol. The van der Waals surface area contributed by atoms with E-state index in [2.05, 4.69) is 4.90 Å². The highest BCUT2D eigenvalue weighted by atomic mass is 32.2. The summed E-state index contributed by atoms with van der Waals surface area (Å²) in [7, 11) is -3.22. The smallest absolute Gasteiger partial charge is 0.241 e. The number of carbonyl (C=O) groups is 1. The molecule has 0 saturated carbocycles. The van der Waals surface area contributed by atoms with Crippen molar-refractivity contribution in [2.45, 2.75) is 32.0 Å². The summed E-state index contributed by atoms with van der Waals surface area (Å²) in [5.74, 6) is 0.732. The van der Waals surface area contributed by atoms with Crippen LogP contribution in [0.4, 0.5) is 5.69 Å². The third kappa shape index (κ3) is 3.89. The second-order valence-electron chi connectivity index (χ2n) is 7.66. The number of carbonyl (C=O) groups excluding carboxylic acids is 1. The SMILES string of the molecule is CCOc1ccc(N2C(=O)CN(C(C)c3ccccc3)[C@H]3CS(=O)(=O)C[C@H]32)cc1. The van der Waals surface area contributed by atoms with E-state index in [0.29, 0.717) is 6.61 Å². The van der Waals surface area contributed by atoms with Crippen LogP contribution in [0.15, 0.2) is 54.6 Å². The molecule has 0 spiro atoms. The standard InChI is InChI=1S/C22H26N2O4S/c1-3-28-19-11-9-18(10-12-19)24-21-15-29(26,27)14-20(21)23(13-22(24)25)16(2)17-7-5-4-6-8-17/h4-12,16,20-21H,3,13-15H2,1-2H3/t16?,20-,21+/m0/s1. The summed E-state index contributed by atoms with van der Waals surface area (Å²) in [5.41, 5.74) is 1.80. The minimum Gasteiger partial charge on any atom is -0.494 e. The van der Waals surface area contributed by atoms with Crippen LogP contribution in [0.2, 0.25) is 0 Å². The minimum atomic E-state index is -3.22. The summed E-state index contributed by atoms with van der Waals surface area (Å²) in [4.78, 5) is 16.9. The van der Waals surface area contributed by atoms with E-state index in [9.17, 15) is 13.2 Å². The maximum absolute atomic E-state index is 13.2. The van der Waals surface area contributed by atoms with Gasteiger partial charge in [-0.25, -0.2) is 8.42 Å². The molecular formula is C22H26N2O4S. The molecule has 2 aromatic rings. The van der Waals surface area contributed by atoms with Gasteiger partial charge in [0.2, 0.25) is 5.91 Å². The Morgan fingerprint density at radius 3 is 2.34 bits per heavy atom. The largest absolute Gasteiger partial charge is 0.494 e. The number of rotatable bonds is 5. The van der Waals surface area contributed by atoms with E-state index in [-0.39, 0.29) is 42.1 Å². The number of piperazine rings is 1. The molecule has 2 fully saturated rings. The van der Waals surface area contributed by atoms with E-state index >= 15 is 0 Å². The zero-order chi connectivity index (χ0) is 20.6. The molecule has 4 rings (SSSR count). The number of anilines is 1. The summed E-state index contributed by atoms with van der Waals surface area (Å²) in [6.07, 6.45) is 0. The Hall–Kier alpha value is -2.38. The van der Waals surface area contributed by atoms with Crippen LogP contribution in [-0.2, 0) is 14.6 Å². The van der Waals surface area contributed by atoms with Gasteiger partial charge in [0.15, 0.2) is 9.84 Å². The molecule has 0 aliphatic carbocycles. The molecule has 1 unspecified atom stereocenters. The molecule has 2 aromatic carbocycles. The van der Waals surface area contributed by atoms with Gasteiger partial charge in [-0.15, -0.1) is 0 Å². The molecule has 2 aliphatic rings. The first-order valence-corrected chi connectivity index (χ1v) is 11.8. The molecule has 6 nitrogen and oxygen atoms in total. The van der Waals surface area contributed by atoms with Gasteiger partial charge in [0.05, 0.1) is 30.7 Å². The van der Waals surface area contributed by atoms with Gasteiger partial charge in [-0.2, -0.15) is 0 Å². The highest BCUT2D eigenvalue weighted by molar-refractivity contribution is 7.91. The Morgan fingerprint density at radius 1 is 1.03 bits per heavy atom. The van der Waals surface area contributed by atoms with Gasteiger partial charge in [-0.3, -0.25) is 9.69 Å². The van der Waals surface area contributed by atoms with Crippen molar-refractivity contribution in [3.8, 4) is 5.75 Å². The van der Waals surface area contributed by atoms with Gasteiger partial charge >= 0.3 is 0 Å². The fraction of sp³-hybridized carbons (Fsp3) is 0.409. The maximum Gasteiger partial charge on any atom is 0.241 e. The van der Waals surface area contributed by atoms with Crippen LogP contribution < -0.4 is 9.64 Å². The first-order chi connectivity index (χ1) is 13.9. The monoisotopic (exact) mass is 414 g/mol. The highest BCUT2D eigenvalue weighted by Gasteiger charge is 2.50. The number of ether oxygens (including phenoxy) is 1. The van der Waals surface area contributed by atoms with Crippen molar-refractivity contribution in [1.29, 1.82) is 0 Å². The minimum absolute atomic E-state index is 0.00533. The lowest BCUT2D eigenvalue weighted by atomic mass is 9.98. The fourth-order valence-electron chi connectivity index (χ4n) is 4.46. The van der Waals surface area contributed by atoms with Crippen LogP contribution in [0.25, 0.3) is 0 Å². The van der Waals surface area contributed by atoms with Crippen molar-refractivity contribution >= 4 is 21.4 Å². The Morgan fingerprint density at radius 2 is 1.69 bits per heavy atom. The highest BCUT2D eigenvalue weighted by Crippen LogP contribution is 2.36. The second-order valence-corrected chi connectivity index (χ2v) is 9.82. The molecular weight excluding hydrogens is 388 g/mol. The van der Waals surface area contributed by atoms with E-state index in [1.54, 1.807) is 4.90 Å². The van der Waals surface area contributed by atoms with Gasteiger partial charge in [0.25, 0.3) is 0 Å². The first kappa shape index (κ1) is 19.9. The summed E-state index contributed by atoms with van der Waals surface area (Å²) >= 11 is 0. The van der Waals surface area contributed by atoms with Crippen molar-refractivity contribution in [2.75, 3.05) is 29.6 Å². The van der Waals surface area contributed by atoms with Gasteiger partial charge in [-0.05, 0) is 43.7 Å². The van der Waals surface area contributed by atoms with Crippen molar-refractivity contribution in [3.05, 3.63) is 60.2 Å². The Labute approximate surface area is 172 Å². The molecule has 2 saturated heterocycles. The number of fused-ring (bicyclic) bond motifs is 1. The van der Waals surface area contributed by atoms with E-state index < -0.39 is 9.84 Å². The number of nitrogens with zero attached hydrogens (tertiary/aromatic N) is 2. The van der Waals surface area contributed by atoms with Gasteiger partial charge in [0, 0.05) is 17.8 Å². The lowest BCUT2D eigenvalue weighted by molar-refractivity contribution is -0.124. The Bertz CT molecular complexity index is 976. The molecule has 29 heavy (non-hydrogen) atoms. The topological polar surface area (TPSA) is 66.9 Å². The third-order valence-corrected chi connectivity index (χ3v) is 7.54. The summed E-state index contributed by atoms with van der Waals surface area (Å²) in [6, 6.07) is 16.6. The summed E-state index contributed by atoms with van der Waals surface area (Å²) < 4.78 is 30.6. The van der Waals surface area contributed by atoms with Crippen LogP contribution >= 0.6 is 0 Å². The molecule has 7 heteroatoms. The van der Waals surface area contributed by atoms with Crippen LogP contribution in [0.3, 0.4) is 0 Å². The van der Waals surface area contributed by atoms with Gasteiger partial charge in [0.1, 0.15) is 5.75 Å². The van der Waals surface area contributed by atoms with E-state index in [0.717, 1.165) is 17.0 Å². The predicted octanol–water partition coefficient (Wildman–Crippen LogP) is 2.66. The zero-order valence-electron chi connectivity index (χ0n) is 16.7. The lowest BCUT2D eigenvalue weighted by Crippen LogP contribution is -2.62. The normalized spacial score (nSPS) is 24.9. The average Bonchev–Trinajstić information content (AvgIpc) is 3.03. The molecule has 3 atom stereocenters. The number of sulfone groups is 1. The van der Waals surface area contributed by atoms with Crippen molar-refractivity contribution in [2.24, 2.45) is 0 Å². The molecule has 0 aromatic heterocycles. The number of hydrogen-bond donors (Lipinski definition) is 0. The number of amides is 1. The van der Waals surface area contributed by atoms with Crippen molar-refractivity contribution in [1.82, 2.24) is 4.90 Å². The summed E-state index contributed by atoms with van der Waals surface area (Å²) in [6.45, 7) is 4.72. The van der Waals surface area contributed by atoms with Crippen LogP contribution in [0.5, 0.6) is 5.75 Å². The molecule has 1 amide bonds. The third-order valence-electron chi connectivity index (χ3n) is 5.84. The van der Waals surface area contributed by atoms with E-state index in [4.69, 9.17) is 4.74 Å². The lowest BCUT2D eigenvalue weighted by Gasteiger charge is -2.46. The van der Waals surface area contributed by atoms with Crippen LogP contribution in [0, 0.1) is 0 Å². The number of hydrogen-bond acceptors (Lipinski definition) is 5. The molecule has 0 bridgehead atoms. The van der Waals surface area contributed by atoms with Crippen molar-refractivity contribution in [3.63, 3.8) is 0 Å². The summed E-state index contributed by atoms with van der Waals surface area (Å²) in [5, 5.41) is 0. The number of benzene rings is 2. The Balaban J connectivity index is 1.66. The molecule has 154 valence electrons. The predicted molar refractivity (Wildman–Crippen MR) is 113 cm³/mol. The molecule has 2 aliphatic heterocycles. The first-order valence-electron chi connectivity index (χ1n) is 9.95. The van der Waals surface area contributed by atoms with Crippen molar-refractivity contribution < 1.29 is 17.9 Å². The zero-order valence-corrected chi connectivity index (χ0v) is 17.5. The van der Waals surface area contributed by atoms with Gasteiger partial charge in [-0.1, -0.05) is 30.3 Å². The second kappa shape index (κ2) is 7.80. The van der Waals surface area contributed by atoms with Gasteiger partial charge < -0.3 is 9.64 Å². The molecule has 0 radical (unpaired) electrons. The fourth-order valence-corrected chi connectivity index (χ4v) is 6.42. The molecule has 0 N–H and O–H groups in total. The molecule has 2 heterocycles. The van der Waals surface area contributed by atoms with Crippen LogP contribution in [0.1, 0.15) is 25.5 Å². The Kier molecular flexibility index (Phi) is 5.36. The van der Waals surface area contributed by atoms with Crippen LogP contribution in [-0.4, -0.2) is 56.0 Å². The van der Waals surface area contributed by atoms with E-state index in [1.807, 2.05) is 68.4 Å². The van der Waals surface area contributed by atoms with E-state index in [1.165, 1.54) is 0 Å². The quantitative estimate of drug-likeness (QED) is 0.753.